The van der Waals surface area contributed by atoms with Crippen LogP contribution in [-0.2, 0) is 23.9 Å². The van der Waals surface area contributed by atoms with Crippen LogP contribution in [0.5, 0.6) is 0 Å². The zero-order chi connectivity index (χ0) is 19.5. The van der Waals surface area contributed by atoms with Crippen molar-refractivity contribution < 1.29 is 23.9 Å². The Bertz CT molecular complexity index is 545. The molecular formula is C18H31N3O5. The average molecular weight is 369 g/mol. The zero-order valence-electron chi connectivity index (χ0n) is 16.3. The topological polar surface area (TPSA) is 97.0 Å². The molecule has 0 unspecified atom stereocenters. The SMILES string of the molecule is CCO[C@@H]1OC(=O)C[C@@H]1NC(=O)[C@@H]1CCCN1C(=O)[C@@H](NC)C(C)(C)C. The van der Waals surface area contributed by atoms with E-state index < -0.39 is 24.3 Å². The molecule has 8 heteroatoms. The predicted octanol–water partition coefficient (Wildman–Crippen LogP) is 0.406. The fourth-order valence-electron chi connectivity index (χ4n) is 3.64. The van der Waals surface area contributed by atoms with Crippen molar-refractivity contribution in [3.8, 4) is 0 Å². The molecule has 0 spiro atoms. The summed E-state index contributed by atoms with van der Waals surface area (Å²) in [7, 11) is 1.76. The Morgan fingerprint density at radius 2 is 2.08 bits per heavy atom. The molecule has 4 atom stereocenters. The first-order chi connectivity index (χ1) is 12.2. The normalized spacial score (nSPS) is 27.3. The van der Waals surface area contributed by atoms with Gasteiger partial charge in [-0.25, -0.2) is 0 Å². The van der Waals surface area contributed by atoms with Gasteiger partial charge in [0.2, 0.25) is 18.1 Å². The van der Waals surface area contributed by atoms with Gasteiger partial charge in [-0.1, -0.05) is 20.8 Å². The molecule has 8 nitrogen and oxygen atoms in total. The zero-order valence-corrected chi connectivity index (χ0v) is 16.3. The van der Waals surface area contributed by atoms with Crippen LogP contribution in [0.1, 0.15) is 47.0 Å². The predicted molar refractivity (Wildman–Crippen MR) is 95.1 cm³/mol. The van der Waals surface area contributed by atoms with Gasteiger partial charge in [-0.15, -0.1) is 0 Å². The number of esters is 1. The van der Waals surface area contributed by atoms with Gasteiger partial charge in [0.1, 0.15) is 12.1 Å². The lowest BCUT2D eigenvalue weighted by atomic mass is 9.86. The van der Waals surface area contributed by atoms with E-state index in [1.165, 1.54) is 0 Å². The maximum absolute atomic E-state index is 13.0. The summed E-state index contributed by atoms with van der Waals surface area (Å²) in [4.78, 5) is 38.9. The lowest BCUT2D eigenvalue weighted by Gasteiger charge is -2.35. The number of likely N-dealkylation sites (N-methyl/N-ethyl adjacent to an activating group) is 1. The summed E-state index contributed by atoms with van der Waals surface area (Å²) in [5.74, 6) is -0.721. The van der Waals surface area contributed by atoms with E-state index in [2.05, 4.69) is 10.6 Å². The van der Waals surface area contributed by atoms with Gasteiger partial charge in [-0.3, -0.25) is 14.4 Å². The molecule has 0 aromatic carbocycles. The van der Waals surface area contributed by atoms with Crippen molar-refractivity contribution in [2.75, 3.05) is 20.2 Å². The molecule has 2 fully saturated rings. The molecule has 2 aliphatic heterocycles. The van der Waals surface area contributed by atoms with Crippen LogP contribution >= 0.6 is 0 Å². The molecule has 0 radical (unpaired) electrons. The minimum atomic E-state index is -0.762. The lowest BCUT2D eigenvalue weighted by molar-refractivity contribution is -0.164. The first-order valence-electron chi connectivity index (χ1n) is 9.28. The van der Waals surface area contributed by atoms with E-state index in [0.717, 1.165) is 6.42 Å². The number of amides is 2. The van der Waals surface area contributed by atoms with E-state index >= 15 is 0 Å². The number of nitrogens with one attached hydrogen (secondary N) is 2. The number of likely N-dealkylation sites (tertiary alicyclic amines) is 1. The molecule has 2 heterocycles. The standard InChI is InChI=1S/C18H31N3O5/c1-6-25-17-11(10-13(22)26-17)20-15(23)12-8-7-9-21(12)16(24)14(19-5)18(2,3)4/h11-12,14,17,19H,6-10H2,1-5H3,(H,20,23)/t11-,12-,14+,17+/m0/s1. The van der Waals surface area contributed by atoms with E-state index in [0.29, 0.717) is 19.6 Å². The summed E-state index contributed by atoms with van der Waals surface area (Å²) in [6.45, 7) is 8.71. The smallest absolute Gasteiger partial charge is 0.310 e. The number of cyclic esters (lactones) is 1. The molecule has 2 rings (SSSR count). The monoisotopic (exact) mass is 369 g/mol. The third-order valence-electron chi connectivity index (χ3n) is 4.86. The van der Waals surface area contributed by atoms with Crippen molar-refractivity contribution in [3.63, 3.8) is 0 Å². The molecule has 2 saturated heterocycles. The van der Waals surface area contributed by atoms with Crippen LogP contribution in [0.15, 0.2) is 0 Å². The Hall–Kier alpha value is -1.67. The molecule has 2 N–H and O–H groups in total. The molecule has 0 aromatic heterocycles. The van der Waals surface area contributed by atoms with Crippen LogP contribution < -0.4 is 10.6 Å². The maximum Gasteiger partial charge on any atom is 0.310 e. The number of hydrogen-bond acceptors (Lipinski definition) is 6. The van der Waals surface area contributed by atoms with Gasteiger partial charge in [0.15, 0.2) is 0 Å². The maximum atomic E-state index is 13.0. The van der Waals surface area contributed by atoms with E-state index in [1.54, 1.807) is 18.9 Å². The molecule has 26 heavy (non-hydrogen) atoms. The van der Waals surface area contributed by atoms with Crippen LogP contribution in [-0.4, -0.2) is 67.3 Å². The summed E-state index contributed by atoms with van der Waals surface area (Å²) in [6.07, 6.45) is 0.706. The van der Waals surface area contributed by atoms with Gasteiger partial charge in [-0.2, -0.15) is 0 Å². The highest BCUT2D eigenvalue weighted by Crippen LogP contribution is 2.26. The number of nitrogens with zero attached hydrogens (tertiary/aromatic N) is 1. The fourth-order valence-corrected chi connectivity index (χ4v) is 3.64. The summed E-state index contributed by atoms with van der Waals surface area (Å²) in [5, 5.41) is 5.92. The summed E-state index contributed by atoms with van der Waals surface area (Å²) in [5.41, 5.74) is -0.263. The van der Waals surface area contributed by atoms with E-state index in [9.17, 15) is 14.4 Å². The molecule has 0 aliphatic carbocycles. The van der Waals surface area contributed by atoms with Gasteiger partial charge < -0.3 is 25.0 Å². The van der Waals surface area contributed by atoms with Crippen molar-refractivity contribution >= 4 is 17.8 Å². The minimum absolute atomic E-state index is 0.0715. The first-order valence-corrected chi connectivity index (χ1v) is 9.28. The Kier molecular flexibility index (Phi) is 6.63. The Morgan fingerprint density at radius 1 is 1.38 bits per heavy atom. The van der Waals surface area contributed by atoms with E-state index in [1.807, 2.05) is 20.8 Å². The lowest BCUT2D eigenvalue weighted by Crippen LogP contribution is -2.57. The second-order valence-electron chi connectivity index (χ2n) is 7.91. The summed E-state index contributed by atoms with van der Waals surface area (Å²) >= 11 is 0. The molecular weight excluding hydrogens is 338 g/mol. The third kappa shape index (κ3) is 4.54. The minimum Gasteiger partial charge on any atom is -0.433 e. The highest BCUT2D eigenvalue weighted by molar-refractivity contribution is 5.91. The van der Waals surface area contributed by atoms with Crippen molar-refractivity contribution in [2.45, 2.75) is 71.4 Å². The highest BCUT2D eigenvalue weighted by Gasteiger charge is 2.43. The van der Waals surface area contributed by atoms with Crippen LogP contribution in [0.4, 0.5) is 0 Å². The highest BCUT2D eigenvalue weighted by atomic mass is 16.7. The summed E-state index contributed by atoms with van der Waals surface area (Å²) < 4.78 is 10.5. The quantitative estimate of drug-likeness (QED) is 0.658. The number of carbonyl (C=O) groups excluding carboxylic acids is 3. The van der Waals surface area contributed by atoms with Gasteiger partial charge >= 0.3 is 5.97 Å². The molecule has 0 aromatic rings. The second-order valence-corrected chi connectivity index (χ2v) is 7.91. The number of ether oxygens (including phenoxy) is 2. The van der Waals surface area contributed by atoms with Gasteiger partial charge in [-0.05, 0) is 32.2 Å². The molecule has 148 valence electrons. The Labute approximate surface area is 155 Å². The van der Waals surface area contributed by atoms with Gasteiger partial charge in [0, 0.05) is 13.2 Å². The fraction of sp³-hybridized carbons (Fsp3) is 0.833. The van der Waals surface area contributed by atoms with Crippen LogP contribution in [0.3, 0.4) is 0 Å². The number of carbonyl (C=O) groups is 3. The molecule has 2 amide bonds. The van der Waals surface area contributed by atoms with Crippen molar-refractivity contribution in [1.82, 2.24) is 15.5 Å². The van der Waals surface area contributed by atoms with Gasteiger partial charge in [0.05, 0.1) is 12.5 Å². The van der Waals surface area contributed by atoms with E-state index in [-0.39, 0.29) is 29.7 Å². The number of hydrogen-bond donors (Lipinski definition) is 2. The van der Waals surface area contributed by atoms with Crippen molar-refractivity contribution in [2.24, 2.45) is 5.41 Å². The number of rotatable bonds is 6. The molecule has 0 bridgehead atoms. The van der Waals surface area contributed by atoms with Crippen LogP contribution in [0.2, 0.25) is 0 Å². The third-order valence-corrected chi connectivity index (χ3v) is 4.86. The van der Waals surface area contributed by atoms with Crippen molar-refractivity contribution in [3.05, 3.63) is 0 Å². The average Bonchev–Trinajstić information content (AvgIpc) is 3.14. The van der Waals surface area contributed by atoms with Crippen LogP contribution in [0, 0.1) is 5.41 Å². The van der Waals surface area contributed by atoms with E-state index in [4.69, 9.17) is 9.47 Å². The second kappa shape index (κ2) is 8.35. The van der Waals surface area contributed by atoms with Crippen LogP contribution in [0.25, 0.3) is 0 Å². The Morgan fingerprint density at radius 3 is 2.65 bits per heavy atom. The molecule has 2 aliphatic rings. The first kappa shape index (κ1) is 20.6. The van der Waals surface area contributed by atoms with Gasteiger partial charge in [0.25, 0.3) is 0 Å². The summed E-state index contributed by atoms with van der Waals surface area (Å²) in [6, 6.07) is -1.42. The molecule has 0 saturated carbocycles. The Balaban J connectivity index is 2.06. The largest absolute Gasteiger partial charge is 0.433 e. The van der Waals surface area contributed by atoms with Crippen molar-refractivity contribution in [1.29, 1.82) is 0 Å².